The second kappa shape index (κ2) is 5.04. The molecule has 0 aromatic carbocycles. The van der Waals surface area contributed by atoms with Gasteiger partial charge >= 0.3 is 5.97 Å². The number of rotatable bonds is 3. The number of carboxylic acids is 1. The number of aryl methyl sites for hydroxylation is 2. The minimum absolute atomic E-state index is 0.0422. The van der Waals surface area contributed by atoms with Crippen LogP contribution in [0.5, 0.6) is 0 Å². The first-order valence-electron chi connectivity index (χ1n) is 5.72. The van der Waals surface area contributed by atoms with Crippen molar-refractivity contribution in [1.29, 1.82) is 0 Å². The lowest BCUT2D eigenvalue weighted by molar-refractivity contribution is -0.385. The Morgan fingerprint density at radius 2 is 2.05 bits per heavy atom. The van der Waals surface area contributed by atoms with Crippen molar-refractivity contribution in [2.75, 3.05) is 0 Å². The van der Waals surface area contributed by atoms with Crippen molar-refractivity contribution in [2.45, 2.75) is 13.8 Å². The summed E-state index contributed by atoms with van der Waals surface area (Å²) in [5.41, 5.74) is 0.359. The van der Waals surface area contributed by atoms with Crippen molar-refractivity contribution < 1.29 is 14.8 Å². The number of aromatic carboxylic acids is 1. The number of nitro groups is 1. The molecule has 0 spiro atoms. The van der Waals surface area contributed by atoms with Crippen molar-refractivity contribution in [3.05, 3.63) is 51.6 Å². The highest BCUT2D eigenvalue weighted by Crippen LogP contribution is 2.36. The minimum atomic E-state index is -1.25. The summed E-state index contributed by atoms with van der Waals surface area (Å²) < 4.78 is 0. The average molecular weight is 273 g/mol. The molecule has 0 saturated heterocycles. The maximum absolute atomic E-state index is 11.4. The first kappa shape index (κ1) is 13.6. The van der Waals surface area contributed by atoms with E-state index in [1.807, 2.05) is 0 Å². The van der Waals surface area contributed by atoms with Gasteiger partial charge in [0, 0.05) is 18.0 Å². The van der Waals surface area contributed by atoms with Gasteiger partial charge in [-0.15, -0.1) is 0 Å². The molecular weight excluding hydrogens is 262 g/mol. The summed E-state index contributed by atoms with van der Waals surface area (Å²) >= 11 is 0. The van der Waals surface area contributed by atoms with Crippen LogP contribution in [-0.2, 0) is 0 Å². The number of carboxylic acid groups (broad SMARTS) is 1. The van der Waals surface area contributed by atoms with Crippen LogP contribution in [0.15, 0.2) is 24.5 Å². The Morgan fingerprint density at radius 1 is 1.35 bits per heavy atom. The number of carbonyl (C=O) groups is 1. The van der Waals surface area contributed by atoms with Gasteiger partial charge in [-0.3, -0.25) is 20.1 Å². The molecule has 1 N–H and O–H groups in total. The summed E-state index contributed by atoms with van der Waals surface area (Å²) in [6, 6.07) is 3.18. The zero-order valence-electron chi connectivity index (χ0n) is 10.8. The summed E-state index contributed by atoms with van der Waals surface area (Å²) in [7, 11) is 0. The SMILES string of the molecule is Cc1nc(C)c([N+](=O)[O-])c(-c2cccnc2)c1C(=O)O. The van der Waals surface area contributed by atoms with E-state index >= 15 is 0 Å². The summed E-state index contributed by atoms with van der Waals surface area (Å²) in [5, 5.41) is 20.6. The van der Waals surface area contributed by atoms with Crippen LogP contribution in [0.25, 0.3) is 11.1 Å². The highest BCUT2D eigenvalue weighted by atomic mass is 16.6. The Labute approximate surface area is 114 Å². The van der Waals surface area contributed by atoms with E-state index in [0.29, 0.717) is 5.56 Å². The van der Waals surface area contributed by atoms with Gasteiger partial charge in [0.2, 0.25) is 0 Å². The fraction of sp³-hybridized carbons (Fsp3) is 0.154. The van der Waals surface area contributed by atoms with E-state index in [-0.39, 0.29) is 28.2 Å². The Kier molecular flexibility index (Phi) is 3.43. The summed E-state index contributed by atoms with van der Waals surface area (Å²) in [5.74, 6) is -1.25. The molecule has 0 radical (unpaired) electrons. The maximum Gasteiger partial charge on any atom is 0.338 e. The van der Waals surface area contributed by atoms with Gasteiger partial charge in [0.15, 0.2) is 0 Å². The van der Waals surface area contributed by atoms with Gasteiger partial charge in [-0.25, -0.2) is 4.79 Å². The molecule has 20 heavy (non-hydrogen) atoms. The molecule has 2 heterocycles. The molecule has 0 aliphatic rings. The predicted octanol–water partition coefficient (Wildman–Crippen LogP) is 2.37. The van der Waals surface area contributed by atoms with Gasteiger partial charge in [0.05, 0.1) is 21.7 Å². The molecule has 102 valence electrons. The van der Waals surface area contributed by atoms with Crippen LogP contribution in [0, 0.1) is 24.0 Å². The number of hydrogen-bond acceptors (Lipinski definition) is 5. The molecule has 0 aliphatic carbocycles. The van der Waals surface area contributed by atoms with Crippen LogP contribution in [0.4, 0.5) is 5.69 Å². The van der Waals surface area contributed by atoms with Crippen molar-refractivity contribution in [3.63, 3.8) is 0 Å². The Balaban J connectivity index is 2.94. The lowest BCUT2D eigenvalue weighted by Gasteiger charge is -2.11. The third kappa shape index (κ3) is 2.20. The van der Waals surface area contributed by atoms with E-state index in [4.69, 9.17) is 0 Å². The molecular formula is C13H11N3O4. The van der Waals surface area contributed by atoms with Crippen LogP contribution in [0.1, 0.15) is 21.7 Å². The highest BCUT2D eigenvalue weighted by Gasteiger charge is 2.28. The molecule has 0 fully saturated rings. The molecule has 2 rings (SSSR count). The normalized spacial score (nSPS) is 10.3. The Bertz CT molecular complexity index is 660. The molecule has 0 unspecified atom stereocenters. The van der Waals surface area contributed by atoms with E-state index in [9.17, 15) is 20.0 Å². The fourth-order valence-corrected chi connectivity index (χ4v) is 2.12. The Hall–Kier alpha value is -2.83. The van der Waals surface area contributed by atoms with Gasteiger partial charge in [-0.1, -0.05) is 6.07 Å². The first-order valence-corrected chi connectivity index (χ1v) is 5.72. The van der Waals surface area contributed by atoms with Crippen molar-refractivity contribution in [1.82, 2.24) is 9.97 Å². The van der Waals surface area contributed by atoms with Gasteiger partial charge in [-0.05, 0) is 19.9 Å². The summed E-state index contributed by atoms with van der Waals surface area (Å²) in [6.07, 6.45) is 2.91. The number of pyridine rings is 2. The first-order chi connectivity index (χ1) is 9.43. The van der Waals surface area contributed by atoms with Crippen LogP contribution < -0.4 is 0 Å². The van der Waals surface area contributed by atoms with Crippen molar-refractivity contribution >= 4 is 11.7 Å². The lowest BCUT2D eigenvalue weighted by atomic mass is 9.97. The zero-order valence-corrected chi connectivity index (χ0v) is 10.8. The van der Waals surface area contributed by atoms with Crippen molar-refractivity contribution in [2.24, 2.45) is 0 Å². The van der Waals surface area contributed by atoms with E-state index in [2.05, 4.69) is 9.97 Å². The second-order valence-corrected chi connectivity index (χ2v) is 4.19. The van der Waals surface area contributed by atoms with E-state index in [0.717, 1.165) is 0 Å². The van der Waals surface area contributed by atoms with Crippen LogP contribution in [0.3, 0.4) is 0 Å². The average Bonchev–Trinajstić information content (AvgIpc) is 2.37. The summed E-state index contributed by atoms with van der Waals surface area (Å²) in [6.45, 7) is 3.00. The molecule has 2 aromatic heterocycles. The van der Waals surface area contributed by atoms with Crippen molar-refractivity contribution in [3.8, 4) is 11.1 Å². The largest absolute Gasteiger partial charge is 0.478 e. The minimum Gasteiger partial charge on any atom is -0.478 e. The van der Waals surface area contributed by atoms with E-state index < -0.39 is 10.9 Å². The molecule has 7 heteroatoms. The molecule has 0 aliphatic heterocycles. The quantitative estimate of drug-likeness (QED) is 0.679. The van der Waals surface area contributed by atoms with Crippen LogP contribution >= 0.6 is 0 Å². The molecule has 7 nitrogen and oxygen atoms in total. The van der Waals surface area contributed by atoms with Crippen LogP contribution in [0.2, 0.25) is 0 Å². The predicted molar refractivity (Wildman–Crippen MR) is 70.6 cm³/mol. The second-order valence-electron chi connectivity index (χ2n) is 4.19. The Morgan fingerprint density at radius 3 is 2.55 bits per heavy atom. The molecule has 0 atom stereocenters. The van der Waals surface area contributed by atoms with Crippen LogP contribution in [-0.4, -0.2) is 26.0 Å². The number of nitrogens with zero attached hydrogens (tertiary/aromatic N) is 3. The molecule has 2 aromatic rings. The van der Waals surface area contributed by atoms with Gasteiger partial charge in [0.1, 0.15) is 5.69 Å². The lowest BCUT2D eigenvalue weighted by Crippen LogP contribution is -2.10. The number of aromatic nitrogens is 2. The zero-order chi connectivity index (χ0) is 14.9. The third-order valence-corrected chi connectivity index (χ3v) is 2.87. The van der Waals surface area contributed by atoms with Gasteiger partial charge in [-0.2, -0.15) is 0 Å². The van der Waals surface area contributed by atoms with Gasteiger partial charge in [0.25, 0.3) is 5.69 Å². The molecule has 0 bridgehead atoms. The number of hydrogen-bond donors (Lipinski definition) is 1. The van der Waals surface area contributed by atoms with E-state index in [1.165, 1.54) is 26.2 Å². The molecule has 0 saturated carbocycles. The maximum atomic E-state index is 11.4. The smallest absolute Gasteiger partial charge is 0.338 e. The topological polar surface area (TPSA) is 106 Å². The third-order valence-electron chi connectivity index (χ3n) is 2.87. The van der Waals surface area contributed by atoms with Gasteiger partial charge < -0.3 is 5.11 Å². The van der Waals surface area contributed by atoms with E-state index in [1.54, 1.807) is 12.1 Å². The monoisotopic (exact) mass is 273 g/mol. The summed E-state index contributed by atoms with van der Waals surface area (Å²) in [4.78, 5) is 29.9. The fourth-order valence-electron chi connectivity index (χ4n) is 2.12. The molecule has 0 amide bonds. The standard InChI is InChI=1S/C13H11N3O4/c1-7-10(13(17)18)11(9-4-3-5-14-6-9)12(16(19)20)8(2)15-7/h3-6H,1-2H3,(H,17,18). The highest BCUT2D eigenvalue weighted by molar-refractivity contribution is 6.00.